The average molecular weight is 397 g/mol. The van der Waals surface area contributed by atoms with Gasteiger partial charge in [-0.3, -0.25) is 0 Å². The zero-order valence-electron chi connectivity index (χ0n) is 19.5. The van der Waals surface area contributed by atoms with Crippen molar-refractivity contribution in [3.05, 3.63) is 69.4 Å². The zero-order valence-corrected chi connectivity index (χ0v) is 19.5. The van der Waals surface area contributed by atoms with E-state index in [4.69, 9.17) is 0 Å². The maximum atomic E-state index is 10.0. The molecule has 0 saturated carbocycles. The van der Waals surface area contributed by atoms with Gasteiger partial charge in [-0.2, -0.15) is 0 Å². The molecule has 0 aliphatic rings. The Bertz CT molecular complexity index is 796. The molecule has 160 valence electrons. The second kappa shape index (κ2) is 12.4. The van der Waals surface area contributed by atoms with Crippen LogP contribution in [0.15, 0.2) is 63.8 Å². The summed E-state index contributed by atoms with van der Waals surface area (Å²) in [5.41, 5.74) is 9.17. The first-order chi connectivity index (χ1) is 13.6. The molecule has 2 N–H and O–H groups in total. The Morgan fingerprint density at radius 1 is 0.828 bits per heavy atom. The third-order valence-corrected chi connectivity index (χ3v) is 5.54. The number of phenols is 2. The fourth-order valence-corrected chi connectivity index (χ4v) is 3.25. The molecule has 1 rings (SSSR count). The lowest BCUT2D eigenvalue weighted by Gasteiger charge is -2.13. The minimum absolute atomic E-state index is 0.196. The summed E-state index contributed by atoms with van der Waals surface area (Å²) in [7, 11) is 0. The van der Waals surface area contributed by atoms with Gasteiger partial charge in [-0.25, -0.2) is 0 Å². The van der Waals surface area contributed by atoms with E-state index in [0.717, 1.165) is 37.7 Å². The summed E-state index contributed by atoms with van der Waals surface area (Å²) in [5.74, 6) is 0.440. The summed E-state index contributed by atoms with van der Waals surface area (Å²) < 4.78 is 0. The van der Waals surface area contributed by atoms with Crippen LogP contribution in [0.4, 0.5) is 0 Å². The molecule has 0 aliphatic carbocycles. The molecule has 0 saturated heterocycles. The minimum atomic E-state index is 0.196. The normalized spacial score (nSPS) is 12.4. The third kappa shape index (κ3) is 9.69. The number of rotatable bonds is 10. The Morgan fingerprint density at radius 3 is 2.14 bits per heavy atom. The number of benzene rings is 1. The summed E-state index contributed by atoms with van der Waals surface area (Å²) >= 11 is 0. The molecule has 0 aromatic heterocycles. The van der Waals surface area contributed by atoms with Crippen molar-refractivity contribution in [2.45, 2.75) is 87.0 Å². The van der Waals surface area contributed by atoms with Gasteiger partial charge in [0.2, 0.25) is 0 Å². The van der Waals surface area contributed by atoms with Crippen LogP contribution >= 0.6 is 0 Å². The lowest BCUT2D eigenvalue weighted by Crippen LogP contribution is -1.94. The highest BCUT2D eigenvalue weighted by Gasteiger charge is 2.07. The Morgan fingerprint density at radius 2 is 1.52 bits per heavy atom. The van der Waals surface area contributed by atoms with Gasteiger partial charge >= 0.3 is 0 Å². The van der Waals surface area contributed by atoms with Crippen molar-refractivity contribution in [1.82, 2.24) is 0 Å². The average Bonchev–Trinajstić information content (AvgIpc) is 2.63. The quantitative estimate of drug-likeness (QED) is 0.309. The molecular weight excluding hydrogens is 356 g/mol. The lowest BCUT2D eigenvalue weighted by atomic mass is 9.94. The van der Waals surface area contributed by atoms with E-state index < -0.39 is 0 Å². The summed E-state index contributed by atoms with van der Waals surface area (Å²) in [6.45, 7) is 15.3. The molecule has 1 aromatic carbocycles. The molecular formula is C27H40O2. The van der Waals surface area contributed by atoms with Crippen molar-refractivity contribution >= 4 is 0 Å². The van der Waals surface area contributed by atoms with E-state index in [2.05, 4.69) is 60.6 Å². The predicted molar refractivity (Wildman–Crippen MR) is 126 cm³/mol. The molecule has 0 amide bonds. The van der Waals surface area contributed by atoms with E-state index in [-0.39, 0.29) is 11.5 Å². The van der Waals surface area contributed by atoms with Crippen molar-refractivity contribution in [2.24, 2.45) is 0 Å². The van der Waals surface area contributed by atoms with Crippen LogP contribution in [0.1, 0.15) is 86.1 Å². The molecule has 0 atom stereocenters. The molecule has 2 nitrogen and oxygen atoms in total. The van der Waals surface area contributed by atoms with Crippen molar-refractivity contribution in [2.75, 3.05) is 0 Å². The highest BCUT2D eigenvalue weighted by atomic mass is 16.3. The molecule has 0 radical (unpaired) electrons. The van der Waals surface area contributed by atoms with Crippen molar-refractivity contribution in [1.29, 1.82) is 0 Å². The summed E-state index contributed by atoms with van der Waals surface area (Å²) in [6.07, 6.45) is 10.7. The standard InChI is InChI=1S/C27H40O2/c1-19(2)9-8-10-21(5)11-13-24(20(3)4)14-12-22(6)23(7)17-25-18-26(28)15-16-27(25)29/h9,11,15-16,18,28-29H,8,10,12-14,17H2,1-7H3. The number of phenolic OH excluding ortho intramolecular Hbond substituents is 2. The topological polar surface area (TPSA) is 40.5 Å². The monoisotopic (exact) mass is 396 g/mol. The zero-order chi connectivity index (χ0) is 22.0. The van der Waals surface area contributed by atoms with Crippen LogP contribution < -0.4 is 0 Å². The second-order valence-electron chi connectivity index (χ2n) is 8.73. The Hall–Kier alpha value is -2.22. The van der Waals surface area contributed by atoms with Crippen LogP contribution in [0, 0.1) is 0 Å². The van der Waals surface area contributed by atoms with Crippen molar-refractivity contribution in [3.8, 4) is 11.5 Å². The second-order valence-corrected chi connectivity index (χ2v) is 8.73. The van der Waals surface area contributed by atoms with Crippen LogP contribution in [-0.4, -0.2) is 10.2 Å². The molecule has 0 aliphatic heterocycles. The van der Waals surface area contributed by atoms with Gasteiger partial charge in [0.05, 0.1) is 0 Å². The Labute approximate surface area is 178 Å². The predicted octanol–water partition coefficient (Wildman–Crippen LogP) is 8.18. The lowest BCUT2D eigenvalue weighted by molar-refractivity contribution is 0.455. The van der Waals surface area contributed by atoms with E-state index in [1.54, 1.807) is 12.1 Å². The molecule has 29 heavy (non-hydrogen) atoms. The van der Waals surface area contributed by atoms with Gasteiger partial charge in [0.1, 0.15) is 11.5 Å². The molecule has 0 bridgehead atoms. The van der Waals surface area contributed by atoms with Crippen molar-refractivity contribution < 1.29 is 10.2 Å². The van der Waals surface area contributed by atoms with Crippen molar-refractivity contribution in [3.63, 3.8) is 0 Å². The maximum Gasteiger partial charge on any atom is 0.119 e. The first kappa shape index (κ1) is 24.8. The molecule has 0 spiro atoms. The molecule has 0 unspecified atom stereocenters. The molecule has 1 aromatic rings. The van der Waals surface area contributed by atoms with Gasteiger partial charge < -0.3 is 10.2 Å². The van der Waals surface area contributed by atoms with Gasteiger partial charge in [-0.15, -0.1) is 0 Å². The number of hydrogen-bond acceptors (Lipinski definition) is 2. The number of aromatic hydroxyl groups is 2. The SMILES string of the molecule is CC(C)=CCCC(C)=CCC(CCC(C)=C(C)Cc1cc(O)ccc1O)=C(C)C. The van der Waals surface area contributed by atoms with E-state index >= 15 is 0 Å². The fourth-order valence-electron chi connectivity index (χ4n) is 3.25. The minimum Gasteiger partial charge on any atom is -0.508 e. The van der Waals surface area contributed by atoms with Gasteiger partial charge in [-0.1, -0.05) is 45.6 Å². The fraction of sp³-hybridized carbons (Fsp3) is 0.481. The summed E-state index contributed by atoms with van der Waals surface area (Å²) in [5, 5.41) is 19.7. The van der Waals surface area contributed by atoms with Crippen LogP contribution in [-0.2, 0) is 6.42 Å². The third-order valence-electron chi connectivity index (χ3n) is 5.54. The van der Waals surface area contributed by atoms with E-state index in [9.17, 15) is 10.2 Å². The van der Waals surface area contributed by atoms with Gasteiger partial charge in [0.15, 0.2) is 0 Å². The van der Waals surface area contributed by atoms with Crippen LogP contribution in [0.5, 0.6) is 11.5 Å². The molecule has 0 fully saturated rings. The van der Waals surface area contributed by atoms with Gasteiger partial charge in [0, 0.05) is 5.56 Å². The first-order valence-corrected chi connectivity index (χ1v) is 10.7. The van der Waals surface area contributed by atoms with Crippen LogP contribution in [0.25, 0.3) is 0 Å². The van der Waals surface area contributed by atoms with Crippen LogP contribution in [0.3, 0.4) is 0 Å². The Balaban J connectivity index is 2.70. The summed E-state index contributed by atoms with van der Waals surface area (Å²) in [4.78, 5) is 0. The van der Waals surface area contributed by atoms with Gasteiger partial charge in [0.25, 0.3) is 0 Å². The molecule has 0 heterocycles. The summed E-state index contributed by atoms with van der Waals surface area (Å²) in [6, 6.07) is 4.72. The van der Waals surface area contributed by atoms with E-state index in [0.29, 0.717) is 6.42 Å². The Kier molecular flexibility index (Phi) is 10.6. The number of hydrogen-bond donors (Lipinski definition) is 2. The maximum absolute atomic E-state index is 10.0. The largest absolute Gasteiger partial charge is 0.508 e. The highest BCUT2D eigenvalue weighted by molar-refractivity contribution is 5.41. The van der Waals surface area contributed by atoms with E-state index in [1.807, 2.05) is 0 Å². The highest BCUT2D eigenvalue weighted by Crippen LogP contribution is 2.27. The molecule has 2 heteroatoms. The smallest absolute Gasteiger partial charge is 0.119 e. The van der Waals surface area contributed by atoms with E-state index in [1.165, 1.54) is 39.5 Å². The van der Waals surface area contributed by atoms with Crippen LogP contribution in [0.2, 0.25) is 0 Å². The first-order valence-electron chi connectivity index (χ1n) is 10.7. The number of allylic oxidation sites excluding steroid dienone is 8. The van der Waals surface area contributed by atoms with Gasteiger partial charge in [-0.05, 0) is 105 Å².